The van der Waals surface area contributed by atoms with Crippen molar-refractivity contribution in [1.29, 1.82) is 0 Å². The third-order valence-corrected chi connectivity index (χ3v) is 7.83. The van der Waals surface area contributed by atoms with Gasteiger partial charge in [0, 0.05) is 11.7 Å². The molecule has 1 aliphatic rings. The number of nitrogens with one attached hydrogen (secondary N) is 1. The zero-order chi connectivity index (χ0) is 25.3. The number of rotatable bonds is 11. The summed E-state index contributed by atoms with van der Waals surface area (Å²) in [6.07, 6.45) is 4.54. The van der Waals surface area contributed by atoms with Crippen LogP contribution in [0.2, 0.25) is 0 Å². The summed E-state index contributed by atoms with van der Waals surface area (Å²) < 4.78 is 38.8. The average molecular weight is 503 g/mol. The van der Waals surface area contributed by atoms with Crippen LogP contribution in [0.25, 0.3) is 0 Å². The molecule has 0 aromatic heterocycles. The van der Waals surface area contributed by atoms with Crippen LogP contribution in [-0.2, 0) is 30.8 Å². The molecule has 0 atom stereocenters. The van der Waals surface area contributed by atoms with E-state index in [1.54, 1.807) is 43.3 Å². The van der Waals surface area contributed by atoms with Crippen LogP contribution in [0.5, 0.6) is 5.75 Å². The summed E-state index contributed by atoms with van der Waals surface area (Å²) in [6.45, 7) is 4.16. The molecule has 2 aromatic rings. The van der Waals surface area contributed by atoms with Gasteiger partial charge in [0.05, 0.1) is 31.1 Å². The SMILES string of the molecule is CCOC(=O)Cc1ccc(NC(=O)CN(C2CCCCC2)S(=O)(=O)c2ccc(OCC)cc2)cc1. The van der Waals surface area contributed by atoms with Crippen LogP contribution in [0.4, 0.5) is 5.69 Å². The van der Waals surface area contributed by atoms with Gasteiger partial charge in [-0.05, 0) is 68.7 Å². The zero-order valence-corrected chi connectivity index (χ0v) is 21.2. The normalized spacial score (nSPS) is 14.5. The van der Waals surface area contributed by atoms with Gasteiger partial charge >= 0.3 is 5.97 Å². The number of ether oxygens (including phenoxy) is 2. The maximum absolute atomic E-state index is 13.6. The number of carbonyl (C=O) groups excluding carboxylic acids is 2. The van der Waals surface area contributed by atoms with Crippen molar-refractivity contribution in [2.45, 2.75) is 63.3 Å². The van der Waals surface area contributed by atoms with Crippen LogP contribution >= 0.6 is 0 Å². The molecule has 0 heterocycles. The first-order chi connectivity index (χ1) is 16.8. The molecule has 1 fully saturated rings. The van der Waals surface area contributed by atoms with E-state index < -0.39 is 15.9 Å². The van der Waals surface area contributed by atoms with Gasteiger partial charge in [0.1, 0.15) is 5.75 Å². The number of anilines is 1. The molecular weight excluding hydrogens is 468 g/mol. The fourth-order valence-corrected chi connectivity index (χ4v) is 5.86. The van der Waals surface area contributed by atoms with Crippen molar-refractivity contribution in [3.8, 4) is 5.75 Å². The van der Waals surface area contributed by atoms with Gasteiger partial charge in [0.2, 0.25) is 15.9 Å². The standard InChI is InChI=1S/C26H34N2O6S/c1-3-33-23-14-16-24(17-15-23)35(31,32)28(22-8-6-5-7-9-22)19-25(29)27-21-12-10-20(11-13-21)18-26(30)34-4-2/h10-17,22H,3-9,18-19H2,1-2H3,(H,27,29). The fraction of sp³-hybridized carbons (Fsp3) is 0.462. The van der Waals surface area contributed by atoms with E-state index in [0.717, 1.165) is 37.7 Å². The van der Waals surface area contributed by atoms with Crippen molar-refractivity contribution in [2.24, 2.45) is 0 Å². The second kappa shape index (κ2) is 12.7. The number of carbonyl (C=O) groups is 2. The predicted molar refractivity (Wildman–Crippen MR) is 134 cm³/mol. The van der Waals surface area contributed by atoms with Gasteiger partial charge in [-0.15, -0.1) is 0 Å². The molecule has 190 valence electrons. The van der Waals surface area contributed by atoms with E-state index in [0.29, 0.717) is 24.7 Å². The van der Waals surface area contributed by atoms with E-state index in [2.05, 4.69) is 5.32 Å². The van der Waals surface area contributed by atoms with Gasteiger partial charge in [-0.3, -0.25) is 9.59 Å². The lowest BCUT2D eigenvalue weighted by Gasteiger charge is -2.33. The Hall–Kier alpha value is -2.91. The number of benzene rings is 2. The second-order valence-electron chi connectivity index (χ2n) is 8.47. The number of hydrogen-bond donors (Lipinski definition) is 1. The lowest BCUT2D eigenvalue weighted by molar-refractivity contribution is -0.142. The van der Waals surface area contributed by atoms with Crippen molar-refractivity contribution >= 4 is 27.6 Å². The third kappa shape index (κ3) is 7.53. The van der Waals surface area contributed by atoms with Crippen LogP contribution in [-0.4, -0.2) is 50.4 Å². The minimum atomic E-state index is -3.88. The van der Waals surface area contributed by atoms with Crippen molar-refractivity contribution in [3.05, 3.63) is 54.1 Å². The molecule has 1 saturated carbocycles. The smallest absolute Gasteiger partial charge is 0.310 e. The summed E-state index contributed by atoms with van der Waals surface area (Å²) in [5.74, 6) is -0.130. The fourth-order valence-electron chi connectivity index (χ4n) is 4.22. The summed E-state index contributed by atoms with van der Waals surface area (Å²) in [4.78, 5) is 24.7. The van der Waals surface area contributed by atoms with E-state index in [-0.39, 0.29) is 29.9 Å². The first kappa shape index (κ1) is 26.7. The molecule has 1 amide bonds. The summed E-state index contributed by atoms with van der Waals surface area (Å²) in [5, 5.41) is 2.79. The van der Waals surface area contributed by atoms with Gasteiger partial charge < -0.3 is 14.8 Å². The largest absolute Gasteiger partial charge is 0.494 e. The quantitative estimate of drug-likeness (QED) is 0.463. The molecule has 1 aliphatic carbocycles. The number of nitrogens with zero attached hydrogens (tertiary/aromatic N) is 1. The maximum atomic E-state index is 13.6. The second-order valence-corrected chi connectivity index (χ2v) is 10.4. The lowest BCUT2D eigenvalue weighted by Crippen LogP contribution is -2.45. The monoisotopic (exact) mass is 502 g/mol. The highest BCUT2D eigenvalue weighted by atomic mass is 32.2. The summed E-state index contributed by atoms with van der Waals surface area (Å²) in [6, 6.07) is 13.0. The van der Waals surface area contributed by atoms with Crippen molar-refractivity contribution in [2.75, 3.05) is 25.1 Å². The third-order valence-electron chi connectivity index (χ3n) is 5.91. The van der Waals surface area contributed by atoms with Crippen LogP contribution < -0.4 is 10.1 Å². The Balaban J connectivity index is 1.73. The molecule has 0 radical (unpaired) electrons. The number of sulfonamides is 1. The minimum absolute atomic E-state index is 0.141. The molecule has 0 bridgehead atoms. The number of amides is 1. The Morgan fingerprint density at radius 2 is 1.60 bits per heavy atom. The van der Waals surface area contributed by atoms with Crippen LogP contribution in [0.3, 0.4) is 0 Å². The first-order valence-electron chi connectivity index (χ1n) is 12.1. The van der Waals surface area contributed by atoms with Crippen molar-refractivity contribution < 1.29 is 27.5 Å². The molecule has 2 aromatic carbocycles. The van der Waals surface area contributed by atoms with Gasteiger partial charge in [-0.25, -0.2) is 8.42 Å². The Bertz CT molecular complexity index is 1080. The molecule has 0 spiro atoms. The highest BCUT2D eigenvalue weighted by Gasteiger charge is 2.34. The molecule has 1 N–H and O–H groups in total. The molecule has 0 unspecified atom stereocenters. The van der Waals surface area contributed by atoms with E-state index in [1.165, 1.54) is 16.4 Å². The van der Waals surface area contributed by atoms with E-state index in [9.17, 15) is 18.0 Å². The minimum Gasteiger partial charge on any atom is -0.494 e. The van der Waals surface area contributed by atoms with E-state index in [1.807, 2.05) is 6.92 Å². The molecule has 3 rings (SSSR count). The summed E-state index contributed by atoms with van der Waals surface area (Å²) >= 11 is 0. The maximum Gasteiger partial charge on any atom is 0.310 e. The number of hydrogen-bond acceptors (Lipinski definition) is 6. The molecule has 0 saturated heterocycles. The molecule has 9 heteroatoms. The summed E-state index contributed by atoms with van der Waals surface area (Å²) in [5.41, 5.74) is 1.30. The summed E-state index contributed by atoms with van der Waals surface area (Å²) in [7, 11) is -3.88. The molecule has 35 heavy (non-hydrogen) atoms. The first-order valence-corrected chi connectivity index (χ1v) is 13.6. The van der Waals surface area contributed by atoms with Crippen LogP contribution in [0.1, 0.15) is 51.5 Å². The zero-order valence-electron chi connectivity index (χ0n) is 20.4. The average Bonchev–Trinajstić information content (AvgIpc) is 2.85. The highest BCUT2D eigenvalue weighted by molar-refractivity contribution is 7.89. The highest BCUT2D eigenvalue weighted by Crippen LogP contribution is 2.28. The molecule has 0 aliphatic heterocycles. The Morgan fingerprint density at radius 3 is 2.20 bits per heavy atom. The molecule has 8 nitrogen and oxygen atoms in total. The van der Waals surface area contributed by atoms with Gasteiger partial charge in [0.25, 0.3) is 0 Å². The molecular formula is C26H34N2O6S. The van der Waals surface area contributed by atoms with Gasteiger partial charge in [-0.2, -0.15) is 4.31 Å². The Labute approximate surface area is 207 Å². The van der Waals surface area contributed by atoms with Gasteiger partial charge in [-0.1, -0.05) is 31.4 Å². The van der Waals surface area contributed by atoms with Gasteiger partial charge in [0.15, 0.2) is 0 Å². The lowest BCUT2D eigenvalue weighted by atomic mass is 9.95. The van der Waals surface area contributed by atoms with Crippen LogP contribution in [0.15, 0.2) is 53.4 Å². The van der Waals surface area contributed by atoms with Crippen LogP contribution in [0, 0.1) is 0 Å². The Morgan fingerprint density at radius 1 is 0.943 bits per heavy atom. The predicted octanol–water partition coefficient (Wildman–Crippen LogP) is 4.15. The van der Waals surface area contributed by atoms with E-state index >= 15 is 0 Å². The van der Waals surface area contributed by atoms with Crippen molar-refractivity contribution in [3.63, 3.8) is 0 Å². The van der Waals surface area contributed by atoms with E-state index in [4.69, 9.17) is 9.47 Å². The topological polar surface area (TPSA) is 102 Å². The van der Waals surface area contributed by atoms with Crippen molar-refractivity contribution in [1.82, 2.24) is 4.31 Å². The number of esters is 1. The Kier molecular flexibility index (Phi) is 9.68.